The average Bonchev–Trinajstić information content (AvgIpc) is 2.58. The van der Waals surface area contributed by atoms with Gasteiger partial charge in [0.05, 0.1) is 7.11 Å². The molecule has 0 aliphatic carbocycles. The largest absolute Gasteiger partial charge is 0.497 e. The smallest absolute Gasteiger partial charge is 0.119 e. The summed E-state index contributed by atoms with van der Waals surface area (Å²) in [4.78, 5) is 0. The fourth-order valence-electron chi connectivity index (χ4n) is 3.04. The monoisotopic (exact) mass is 304 g/mol. The Balaban J connectivity index is 2.37. The second-order valence-electron chi connectivity index (χ2n) is 5.71. The number of benzene rings is 3. The Bertz CT molecular complexity index is 903. The van der Waals surface area contributed by atoms with E-state index in [4.69, 9.17) is 28.3 Å². The molecule has 3 rings (SSSR count). The molecule has 0 fully saturated rings. The van der Waals surface area contributed by atoms with Gasteiger partial charge in [-0.15, -0.1) is 0 Å². The van der Waals surface area contributed by atoms with E-state index in [1.165, 1.54) is 0 Å². The summed E-state index contributed by atoms with van der Waals surface area (Å²) in [6.45, 7) is 2.03. The summed E-state index contributed by atoms with van der Waals surface area (Å²) in [6.07, 6.45) is 0. The van der Waals surface area contributed by atoms with Crippen molar-refractivity contribution in [3.8, 4) is 28.0 Å². The van der Waals surface area contributed by atoms with Gasteiger partial charge in [-0.1, -0.05) is 59.5 Å². The minimum Gasteiger partial charge on any atom is -0.497 e. The second kappa shape index (κ2) is 6.64. The van der Waals surface area contributed by atoms with Crippen molar-refractivity contribution in [2.45, 2.75) is 6.92 Å². The molecule has 0 bridgehead atoms. The highest BCUT2D eigenvalue weighted by Crippen LogP contribution is 2.32. The van der Waals surface area contributed by atoms with Crippen LogP contribution in [-0.4, -0.2) is 30.6 Å². The van der Waals surface area contributed by atoms with Crippen LogP contribution in [0.5, 0.6) is 5.75 Å². The number of methoxy groups -OCH3 is 1. The Kier molecular flexibility index (Phi) is 4.57. The Morgan fingerprint density at radius 1 is 0.750 bits per heavy atom. The molecular weight excluding hydrogens is 289 g/mol. The van der Waals surface area contributed by atoms with Crippen molar-refractivity contribution >= 4 is 39.9 Å². The van der Waals surface area contributed by atoms with E-state index in [1.807, 2.05) is 61.5 Å². The molecule has 0 spiro atoms. The van der Waals surface area contributed by atoms with Crippen molar-refractivity contribution in [1.82, 2.24) is 0 Å². The van der Waals surface area contributed by atoms with Gasteiger partial charge in [0.15, 0.2) is 0 Å². The quantitative estimate of drug-likeness (QED) is 0.670. The third kappa shape index (κ3) is 2.77. The molecule has 6 radical (unpaired) electrons. The van der Waals surface area contributed by atoms with E-state index in [-0.39, 0.29) is 0 Å². The van der Waals surface area contributed by atoms with Gasteiger partial charge < -0.3 is 4.74 Å². The normalized spacial score (nSPS) is 10.6. The molecule has 0 aromatic heterocycles. The van der Waals surface area contributed by atoms with E-state index in [1.54, 1.807) is 7.11 Å². The zero-order valence-electron chi connectivity index (χ0n) is 13.8. The van der Waals surface area contributed by atoms with E-state index in [9.17, 15) is 0 Å². The number of ether oxygens (including phenoxy) is 1. The summed E-state index contributed by atoms with van der Waals surface area (Å²) in [6, 6.07) is 17.4. The molecule has 0 aliphatic heterocycles. The van der Waals surface area contributed by atoms with Crippen LogP contribution in [0.25, 0.3) is 22.3 Å². The standard InChI is InChI=1S/C20H15B3O/c1-12-15(13-7-3-5-9-16(13)21)11-18(24-2)20(23)19(12)14-8-4-6-10-17(14)22/h3-11H,1-2H3. The Morgan fingerprint density at radius 3 is 1.83 bits per heavy atom. The van der Waals surface area contributed by atoms with Crippen molar-refractivity contribution in [2.75, 3.05) is 7.11 Å². The minimum atomic E-state index is 0.575. The van der Waals surface area contributed by atoms with Crippen molar-refractivity contribution in [1.29, 1.82) is 0 Å². The Hall–Kier alpha value is -2.35. The van der Waals surface area contributed by atoms with Crippen LogP contribution in [-0.2, 0) is 0 Å². The zero-order valence-corrected chi connectivity index (χ0v) is 13.8. The Morgan fingerprint density at radius 2 is 1.29 bits per heavy atom. The molecular formula is C20H15B3O. The van der Waals surface area contributed by atoms with Crippen LogP contribution >= 0.6 is 0 Å². The number of rotatable bonds is 3. The molecule has 0 saturated carbocycles. The van der Waals surface area contributed by atoms with E-state index in [0.717, 1.165) is 27.8 Å². The summed E-state index contributed by atoms with van der Waals surface area (Å²) in [5.41, 5.74) is 6.68. The molecule has 0 saturated heterocycles. The molecule has 0 amide bonds. The SMILES string of the molecule is [B]c1ccccc1-c1cc(OC)c([B])c(-c2ccccc2[B])c1C. The van der Waals surface area contributed by atoms with Gasteiger partial charge in [-0.05, 0) is 46.3 Å². The summed E-state index contributed by atoms with van der Waals surface area (Å²) in [5.74, 6) is 0.608. The molecule has 0 heterocycles. The summed E-state index contributed by atoms with van der Waals surface area (Å²) in [5, 5.41) is 0. The first kappa shape index (κ1) is 16.5. The highest BCUT2D eigenvalue weighted by molar-refractivity contribution is 6.42. The van der Waals surface area contributed by atoms with Crippen LogP contribution in [0.3, 0.4) is 0 Å². The average molecular weight is 304 g/mol. The fourth-order valence-corrected chi connectivity index (χ4v) is 3.04. The van der Waals surface area contributed by atoms with E-state index < -0.39 is 0 Å². The third-order valence-electron chi connectivity index (χ3n) is 4.29. The second-order valence-corrected chi connectivity index (χ2v) is 5.71. The van der Waals surface area contributed by atoms with Gasteiger partial charge in [0.1, 0.15) is 29.3 Å². The summed E-state index contributed by atoms with van der Waals surface area (Å²) >= 11 is 0. The molecule has 3 aromatic carbocycles. The van der Waals surface area contributed by atoms with Gasteiger partial charge in [0.2, 0.25) is 0 Å². The lowest BCUT2D eigenvalue weighted by Crippen LogP contribution is -2.18. The molecule has 0 atom stereocenters. The maximum Gasteiger partial charge on any atom is 0.119 e. The van der Waals surface area contributed by atoms with Crippen molar-refractivity contribution in [2.24, 2.45) is 0 Å². The van der Waals surface area contributed by atoms with Crippen LogP contribution in [0, 0.1) is 6.92 Å². The Labute approximate surface area is 147 Å². The highest BCUT2D eigenvalue weighted by Gasteiger charge is 2.17. The first-order valence-corrected chi connectivity index (χ1v) is 7.71. The molecule has 0 unspecified atom stereocenters. The molecule has 24 heavy (non-hydrogen) atoms. The van der Waals surface area contributed by atoms with Crippen LogP contribution in [0.15, 0.2) is 54.6 Å². The van der Waals surface area contributed by atoms with Crippen molar-refractivity contribution < 1.29 is 4.74 Å². The molecule has 1 nitrogen and oxygen atoms in total. The first-order chi connectivity index (χ1) is 11.5. The summed E-state index contributed by atoms with van der Waals surface area (Å²) < 4.78 is 5.50. The van der Waals surface area contributed by atoms with Crippen LogP contribution < -0.4 is 21.1 Å². The number of hydrogen-bond donors (Lipinski definition) is 0. The maximum absolute atomic E-state index is 6.37. The van der Waals surface area contributed by atoms with Gasteiger partial charge >= 0.3 is 0 Å². The fraction of sp³-hybridized carbons (Fsp3) is 0.100. The first-order valence-electron chi connectivity index (χ1n) is 7.71. The van der Waals surface area contributed by atoms with E-state index in [2.05, 4.69) is 0 Å². The van der Waals surface area contributed by atoms with E-state index >= 15 is 0 Å². The predicted molar refractivity (Wildman–Crippen MR) is 105 cm³/mol. The lowest BCUT2D eigenvalue weighted by atomic mass is 9.75. The van der Waals surface area contributed by atoms with Gasteiger partial charge in [0.25, 0.3) is 0 Å². The van der Waals surface area contributed by atoms with Crippen LogP contribution in [0.4, 0.5) is 0 Å². The molecule has 110 valence electrons. The summed E-state index contributed by atoms with van der Waals surface area (Å²) in [7, 11) is 20.3. The lowest BCUT2D eigenvalue weighted by molar-refractivity contribution is 0.418. The molecule has 0 N–H and O–H groups in total. The molecule has 3 aromatic rings. The highest BCUT2D eigenvalue weighted by atomic mass is 16.5. The van der Waals surface area contributed by atoms with Crippen LogP contribution in [0.2, 0.25) is 0 Å². The van der Waals surface area contributed by atoms with Crippen molar-refractivity contribution in [3.05, 3.63) is 60.2 Å². The minimum absolute atomic E-state index is 0.575. The van der Waals surface area contributed by atoms with Gasteiger partial charge in [-0.3, -0.25) is 0 Å². The van der Waals surface area contributed by atoms with Gasteiger partial charge in [-0.2, -0.15) is 0 Å². The third-order valence-corrected chi connectivity index (χ3v) is 4.29. The number of hydrogen-bond acceptors (Lipinski definition) is 1. The molecule has 0 aliphatic rings. The molecule has 4 heteroatoms. The van der Waals surface area contributed by atoms with Gasteiger partial charge in [0, 0.05) is 0 Å². The maximum atomic E-state index is 6.37. The zero-order chi connectivity index (χ0) is 17.3. The van der Waals surface area contributed by atoms with Gasteiger partial charge in [-0.25, -0.2) is 0 Å². The lowest BCUT2D eigenvalue weighted by Gasteiger charge is -2.21. The van der Waals surface area contributed by atoms with Crippen molar-refractivity contribution in [3.63, 3.8) is 0 Å². The van der Waals surface area contributed by atoms with Crippen LogP contribution in [0.1, 0.15) is 5.56 Å². The van der Waals surface area contributed by atoms with E-state index in [0.29, 0.717) is 22.1 Å². The predicted octanol–water partition coefficient (Wildman–Crippen LogP) is 1.72. The topological polar surface area (TPSA) is 9.23 Å².